The molecular formula is C8H11ClN2. The average Bonchev–Trinajstić information content (AvgIpc) is 2.03. The molecule has 1 heterocycles. The Kier molecular flexibility index (Phi) is 3.17. The first-order chi connectivity index (χ1) is 5.34. The molecule has 0 spiro atoms. The molecule has 3 heteroatoms. The fourth-order valence-corrected chi connectivity index (χ4v) is 0.948. The summed E-state index contributed by atoms with van der Waals surface area (Å²) in [7, 11) is 0. The molecule has 0 amide bonds. The fraction of sp³-hybridized carbons (Fsp3) is 0.375. The number of aromatic nitrogens is 1. The maximum absolute atomic E-state index is 5.53. The van der Waals surface area contributed by atoms with E-state index in [4.69, 9.17) is 11.6 Å². The van der Waals surface area contributed by atoms with Gasteiger partial charge in [-0.1, -0.05) is 0 Å². The Morgan fingerprint density at radius 3 is 3.09 bits per heavy atom. The van der Waals surface area contributed by atoms with E-state index in [2.05, 4.69) is 10.3 Å². The highest BCUT2D eigenvalue weighted by Gasteiger charge is 1.93. The molecule has 1 rings (SSSR count). The highest BCUT2D eigenvalue weighted by molar-refractivity contribution is 6.18. The molecule has 0 bridgehead atoms. The Labute approximate surface area is 71.6 Å². The zero-order chi connectivity index (χ0) is 8.10. The first kappa shape index (κ1) is 8.34. The smallest absolute Gasteiger partial charge is 0.0401 e. The molecular weight excluding hydrogens is 160 g/mol. The highest BCUT2D eigenvalue weighted by atomic mass is 35.5. The molecule has 2 nitrogen and oxygen atoms in total. The Bertz CT molecular complexity index is 225. The van der Waals surface area contributed by atoms with Crippen LogP contribution in [0.15, 0.2) is 18.5 Å². The fourth-order valence-electron chi connectivity index (χ4n) is 0.854. The van der Waals surface area contributed by atoms with Gasteiger partial charge >= 0.3 is 0 Å². The zero-order valence-corrected chi connectivity index (χ0v) is 7.23. The Hall–Kier alpha value is -0.760. The van der Waals surface area contributed by atoms with Crippen LogP contribution in [0.2, 0.25) is 0 Å². The summed E-state index contributed by atoms with van der Waals surface area (Å²) < 4.78 is 0. The predicted octanol–water partition coefficient (Wildman–Crippen LogP) is 2.04. The number of pyridine rings is 1. The van der Waals surface area contributed by atoms with Crippen LogP contribution in [0, 0.1) is 6.92 Å². The minimum Gasteiger partial charge on any atom is -0.384 e. The Morgan fingerprint density at radius 1 is 1.64 bits per heavy atom. The van der Waals surface area contributed by atoms with Crippen molar-refractivity contribution in [3.8, 4) is 0 Å². The van der Waals surface area contributed by atoms with Crippen LogP contribution in [-0.4, -0.2) is 17.4 Å². The van der Waals surface area contributed by atoms with Gasteiger partial charge in [-0.25, -0.2) is 0 Å². The van der Waals surface area contributed by atoms with E-state index in [1.807, 2.05) is 19.2 Å². The summed E-state index contributed by atoms with van der Waals surface area (Å²) in [6.45, 7) is 2.82. The van der Waals surface area contributed by atoms with Crippen molar-refractivity contribution >= 4 is 17.3 Å². The van der Waals surface area contributed by atoms with Gasteiger partial charge in [0.1, 0.15) is 0 Å². The van der Waals surface area contributed by atoms with E-state index >= 15 is 0 Å². The molecule has 0 unspecified atom stereocenters. The van der Waals surface area contributed by atoms with E-state index in [-0.39, 0.29) is 0 Å². The number of halogens is 1. The van der Waals surface area contributed by atoms with Crippen molar-refractivity contribution in [1.29, 1.82) is 0 Å². The standard InChI is InChI=1S/C8H11ClN2/c1-7-6-10-4-2-8(7)11-5-3-9/h2,4,6H,3,5H2,1H3,(H,10,11). The molecule has 0 atom stereocenters. The van der Waals surface area contributed by atoms with Crippen LogP contribution < -0.4 is 5.32 Å². The van der Waals surface area contributed by atoms with E-state index < -0.39 is 0 Å². The lowest BCUT2D eigenvalue weighted by molar-refractivity contribution is 1.18. The van der Waals surface area contributed by atoms with E-state index in [0.717, 1.165) is 17.8 Å². The molecule has 11 heavy (non-hydrogen) atoms. The summed E-state index contributed by atoms with van der Waals surface area (Å²) in [5, 5.41) is 3.19. The molecule has 1 aromatic rings. The number of anilines is 1. The minimum absolute atomic E-state index is 0.627. The van der Waals surface area contributed by atoms with Crippen molar-refractivity contribution < 1.29 is 0 Å². The third-order valence-electron chi connectivity index (χ3n) is 1.43. The third-order valence-corrected chi connectivity index (χ3v) is 1.62. The molecule has 1 aromatic heterocycles. The van der Waals surface area contributed by atoms with Crippen LogP contribution >= 0.6 is 11.6 Å². The monoisotopic (exact) mass is 170 g/mol. The number of nitrogens with zero attached hydrogens (tertiary/aromatic N) is 1. The Morgan fingerprint density at radius 2 is 2.45 bits per heavy atom. The number of alkyl halides is 1. The van der Waals surface area contributed by atoms with E-state index in [0.29, 0.717) is 5.88 Å². The van der Waals surface area contributed by atoms with Gasteiger partial charge in [-0.3, -0.25) is 4.98 Å². The normalized spacial score (nSPS) is 9.64. The molecule has 0 aliphatic heterocycles. The van der Waals surface area contributed by atoms with Crippen molar-refractivity contribution in [3.63, 3.8) is 0 Å². The quantitative estimate of drug-likeness (QED) is 0.703. The number of rotatable bonds is 3. The van der Waals surface area contributed by atoms with Crippen LogP contribution in [-0.2, 0) is 0 Å². The molecule has 0 saturated carbocycles. The Balaban J connectivity index is 2.62. The first-order valence-corrected chi connectivity index (χ1v) is 4.08. The largest absolute Gasteiger partial charge is 0.384 e. The van der Waals surface area contributed by atoms with Gasteiger partial charge in [0, 0.05) is 30.5 Å². The van der Waals surface area contributed by atoms with Gasteiger partial charge in [-0.15, -0.1) is 11.6 Å². The second-order valence-electron chi connectivity index (χ2n) is 2.31. The van der Waals surface area contributed by atoms with Gasteiger partial charge in [0.15, 0.2) is 0 Å². The zero-order valence-electron chi connectivity index (χ0n) is 6.47. The lowest BCUT2D eigenvalue weighted by atomic mass is 10.2. The molecule has 60 valence electrons. The summed E-state index contributed by atoms with van der Waals surface area (Å²) in [5.41, 5.74) is 2.26. The van der Waals surface area contributed by atoms with Crippen molar-refractivity contribution in [1.82, 2.24) is 4.98 Å². The first-order valence-electron chi connectivity index (χ1n) is 3.55. The number of aryl methyl sites for hydroxylation is 1. The molecule has 1 N–H and O–H groups in total. The van der Waals surface area contributed by atoms with E-state index in [1.54, 1.807) is 6.20 Å². The molecule has 0 aliphatic rings. The van der Waals surface area contributed by atoms with Crippen LogP contribution in [0.4, 0.5) is 5.69 Å². The molecule has 0 fully saturated rings. The van der Waals surface area contributed by atoms with Crippen molar-refractivity contribution in [3.05, 3.63) is 24.0 Å². The second kappa shape index (κ2) is 4.19. The lowest BCUT2D eigenvalue weighted by Gasteiger charge is -2.05. The van der Waals surface area contributed by atoms with Crippen LogP contribution in [0.5, 0.6) is 0 Å². The van der Waals surface area contributed by atoms with Gasteiger partial charge < -0.3 is 5.32 Å². The summed E-state index contributed by atoms with van der Waals surface area (Å²) in [4.78, 5) is 3.98. The number of hydrogen-bond acceptors (Lipinski definition) is 2. The SMILES string of the molecule is Cc1cnccc1NCCCl. The van der Waals surface area contributed by atoms with Gasteiger partial charge in [-0.2, -0.15) is 0 Å². The van der Waals surface area contributed by atoms with Crippen LogP contribution in [0.3, 0.4) is 0 Å². The predicted molar refractivity (Wildman–Crippen MR) is 48.2 cm³/mol. The third kappa shape index (κ3) is 2.39. The van der Waals surface area contributed by atoms with Gasteiger partial charge in [-0.05, 0) is 18.6 Å². The van der Waals surface area contributed by atoms with Gasteiger partial charge in [0.25, 0.3) is 0 Å². The molecule has 0 aliphatic carbocycles. The van der Waals surface area contributed by atoms with Crippen molar-refractivity contribution in [2.75, 3.05) is 17.7 Å². The summed E-state index contributed by atoms with van der Waals surface area (Å²) in [6, 6.07) is 1.95. The highest BCUT2D eigenvalue weighted by Crippen LogP contribution is 2.10. The summed E-state index contributed by atoms with van der Waals surface area (Å²) >= 11 is 5.53. The van der Waals surface area contributed by atoms with Crippen LogP contribution in [0.25, 0.3) is 0 Å². The topological polar surface area (TPSA) is 24.9 Å². The number of hydrogen-bond donors (Lipinski definition) is 1. The van der Waals surface area contributed by atoms with Gasteiger partial charge in [0.05, 0.1) is 0 Å². The molecule has 0 aromatic carbocycles. The van der Waals surface area contributed by atoms with Crippen LogP contribution in [0.1, 0.15) is 5.56 Å². The lowest BCUT2D eigenvalue weighted by Crippen LogP contribution is -2.03. The summed E-state index contributed by atoms with van der Waals surface area (Å²) in [6.07, 6.45) is 3.60. The maximum Gasteiger partial charge on any atom is 0.0401 e. The van der Waals surface area contributed by atoms with Gasteiger partial charge in [0.2, 0.25) is 0 Å². The van der Waals surface area contributed by atoms with Crippen molar-refractivity contribution in [2.24, 2.45) is 0 Å². The average molecular weight is 171 g/mol. The van der Waals surface area contributed by atoms with E-state index in [1.165, 1.54) is 0 Å². The maximum atomic E-state index is 5.53. The molecule has 0 saturated heterocycles. The molecule has 0 radical (unpaired) electrons. The van der Waals surface area contributed by atoms with E-state index in [9.17, 15) is 0 Å². The number of nitrogens with one attached hydrogen (secondary N) is 1. The summed E-state index contributed by atoms with van der Waals surface area (Å²) in [5.74, 6) is 0.627. The van der Waals surface area contributed by atoms with Crippen molar-refractivity contribution in [2.45, 2.75) is 6.92 Å². The minimum atomic E-state index is 0.627. The second-order valence-corrected chi connectivity index (χ2v) is 2.68.